The Bertz CT molecular complexity index is 170. The fourth-order valence-corrected chi connectivity index (χ4v) is 0.935. The summed E-state index contributed by atoms with van der Waals surface area (Å²) in [4.78, 5) is 0. The van der Waals surface area contributed by atoms with E-state index in [4.69, 9.17) is 0 Å². The van der Waals surface area contributed by atoms with E-state index in [0.29, 0.717) is 6.54 Å². The Morgan fingerprint density at radius 1 is 1.73 bits per heavy atom. The average Bonchev–Trinajstić information content (AvgIpc) is 2.33. The van der Waals surface area contributed by atoms with Crippen LogP contribution in [0.3, 0.4) is 0 Å². The minimum atomic E-state index is -2.37. The molecule has 1 radical (unpaired) electrons. The second-order valence-electron chi connectivity index (χ2n) is 2.91. The molecule has 1 atom stereocenters. The van der Waals surface area contributed by atoms with E-state index in [9.17, 15) is 8.78 Å². The molecule has 1 heterocycles. The van der Waals surface area contributed by atoms with Gasteiger partial charge in [-0.15, -0.1) is 0 Å². The van der Waals surface area contributed by atoms with E-state index in [2.05, 4.69) is 11.3 Å². The third-order valence-electron chi connectivity index (χ3n) is 1.80. The molecule has 0 bridgehead atoms. The second-order valence-corrected chi connectivity index (χ2v) is 2.91. The van der Waals surface area contributed by atoms with Crippen molar-refractivity contribution in [3.63, 3.8) is 0 Å². The Labute approximate surface area is 64.9 Å². The van der Waals surface area contributed by atoms with Gasteiger partial charge in [-0.05, 0) is 13.8 Å². The van der Waals surface area contributed by atoms with Crippen LogP contribution >= 0.6 is 0 Å². The van der Waals surface area contributed by atoms with Crippen LogP contribution in [0.2, 0.25) is 0 Å². The van der Waals surface area contributed by atoms with Crippen LogP contribution in [0.25, 0.3) is 0 Å². The molecular formula is C7H11F2N2. The molecule has 1 aliphatic heterocycles. The van der Waals surface area contributed by atoms with Crippen molar-refractivity contribution in [1.82, 2.24) is 5.01 Å². The van der Waals surface area contributed by atoms with Gasteiger partial charge in [0.2, 0.25) is 0 Å². The summed E-state index contributed by atoms with van der Waals surface area (Å²) in [6.07, 6.45) is 0.0619. The molecule has 0 amide bonds. The van der Waals surface area contributed by atoms with E-state index >= 15 is 0 Å². The van der Waals surface area contributed by atoms with Crippen molar-refractivity contribution in [2.24, 2.45) is 10.5 Å². The predicted octanol–water partition coefficient (Wildman–Crippen LogP) is 1.46. The highest BCUT2D eigenvalue weighted by atomic mass is 19.3. The number of halogens is 2. The lowest BCUT2D eigenvalue weighted by atomic mass is 9.94. The predicted molar refractivity (Wildman–Crippen MR) is 38.8 cm³/mol. The smallest absolute Gasteiger partial charge is 0.251 e. The number of nitrogens with zero attached hydrogens (tertiary/aromatic N) is 2. The van der Waals surface area contributed by atoms with E-state index in [1.807, 2.05) is 6.92 Å². The van der Waals surface area contributed by atoms with Gasteiger partial charge in [0.05, 0.1) is 18.2 Å². The third-order valence-corrected chi connectivity index (χ3v) is 1.80. The van der Waals surface area contributed by atoms with E-state index in [1.54, 1.807) is 5.01 Å². The number of alkyl halides is 2. The largest absolute Gasteiger partial charge is 0.296 e. The molecule has 0 spiro atoms. The first kappa shape index (κ1) is 8.43. The Kier molecular flexibility index (Phi) is 2.11. The van der Waals surface area contributed by atoms with Gasteiger partial charge in [0.15, 0.2) is 0 Å². The maximum atomic E-state index is 12.3. The van der Waals surface area contributed by atoms with Crippen LogP contribution in [-0.4, -0.2) is 30.7 Å². The fraction of sp³-hybridized carbons (Fsp3) is 0.857. The molecule has 2 nitrogen and oxygen atoms in total. The zero-order chi connectivity index (χ0) is 8.48. The molecule has 1 aliphatic rings. The van der Waals surface area contributed by atoms with Crippen molar-refractivity contribution in [2.45, 2.75) is 20.3 Å². The summed E-state index contributed by atoms with van der Waals surface area (Å²) >= 11 is 0. The number of hydrogen-bond acceptors (Lipinski definition) is 2. The molecule has 0 aliphatic carbocycles. The Hall–Kier alpha value is -0.670. The minimum Gasteiger partial charge on any atom is -0.296 e. The quantitative estimate of drug-likeness (QED) is 0.598. The van der Waals surface area contributed by atoms with Gasteiger partial charge in [0.1, 0.15) is 0 Å². The van der Waals surface area contributed by atoms with Crippen molar-refractivity contribution in [3.05, 3.63) is 0 Å². The normalized spacial score (nSPS) is 30.5. The van der Waals surface area contributed by atoms with E-state index in [1.165, 1.54) is 6.92 Å². The molecule has 1 rings (SSSR count). The number of rotatable bonds is 2. The van der Waals surface area contributed by atoms with Crippen LogP contribution in [0.1, 0.15) is 13.8 Å². The molecule has 4 heteroatoms. The van der Waals surface area contributed by atoms with Crippen molar-refractivity contribution < 1.29 is 8.78 Å². The first-order chi connectivity index (χ1) is 5.08. The molecule has 0 saturated carbocycles. The van der Waals surface area contributed by atoms with Crippen molar-refractivity contribution in [3.8, 4) is 0 Å². The van der Waals surface area contributed by atoms with Gasteiger partial charge in [-0.2, -0.15) is 5.10 Å². The molecule has 0 aromatic carbocycles. The second kappa shape index (κ2) is 2.75. The SMILES string of the molecule is CCN1CC(C)(C(F)F)[C]=N1. The molecular weight excluding hydrogens is 150 g/mol. The first-order valence-corrected chi connectivity index (χ1v) is 3.59. The molecule has 63 valence electrons. The summed E-state index contributed by atoms with van der Waals surface area (Å²) < 4.78 is 24.6. The average molecular weight is 161 g/mol. The Balaban J connectivity index is 2.60. The first-order valence-electron chi connectivity index (χ1n) is 3.59. The highest BCUT2D eigenvalue weighted by molar-refractivity contribution is 5.67. The van der Waals surface area contributed by atoms with Gasteiger partial charge in [0, 0.05) is 6.54 Å². The van der Waals surface area contributed by atoms with Crippen molar-refractivity contribution in [1.29, 1.82) is 0 Å². The zero-order valence-electron chi connectivity index (χ0n) is 6.64. The van der Waals surface area contributed by atoms with Gasteiger partial charge < -0.3 is 0 Å². The number of hydrogen-bond donors (Lipinski definition) is 0. The maximum Gasteiger partial charge on any atom is 0.251 e. The molecule has 0 saturated heterocycles. The lowest BCUT2D eigenvalue weighted by Crippen LogP contribution is -2.33. The van der Waals surface area contributed by atoms with Crippen LogP contribution in [-0.2, 0) is 0 Å². The van der Waals surface area contributed by atoms with E-state index < -0.39 is 11.8 Å². The van der Waals surface area contributed by atoms with Crippen LogP contribution in [0.15, 0.2) is 5.10 Å². The summed E-state index contributed by atoms with van der Waals surface area (Å²) in [5, 5.41) is 5.32. The van der Waals surface area contributed by atoms with Crippen LogP contribution < -0.4 is 0 Å². The lowest BCUT2D eigenvalue weighted by molar-refractivity contribution is 0.0442. The molecule has 0 fully saturated rings. The minimum absolute atomic E-state index is 0.279. The fourth-order valence-electron chi connectivity index (χ4n) is 0.935. The van der Waals surface area contributed by atoms with Gasteiger partial charge in [-0.1, -0.05) is 0 Å². The summed E-state index contributed by atoms with van der Waals surface area (Å²) in [6.45, 7) is 4.29. The summed E-state index contributed by atoms with van der Waals surface area (Å²) in [7, 11) is 0. The number of hydrazone groups is 1. The third kappa shape index (κ3) is 1.49. The highest BCUT2D eigenvalue weighted by Gasteiger charge is 2.39. The highest BCUT2D eigenvalue weighted by Crippen LogP contribution is 2.28. The molecule has 0 N–H and O–H groups in total. The molecule has 1 unspecified atom stereocenters. The zero-order valence-corrected chi connectivity index (χ0v) is 6.64. The van der Waals surface area contributed by atoms with Crippen molar-refractivity contribution >= 4 is 6.21 Å². The van der Waals surface area contributed by atoms with Crippen LogP contribution in [0.4, 0.5) is 8.78 Å². The topological polar surface area (TPSA) is 15.6 Å². The Morgan fingerprint density at radius 3 is 2.64 bits per heavy atom. The van der Waals surface area contributed by atoms with Gasteiger partial charge in [-0.25, -0.2) is 8.78 Å². The van der Waals surface area contributed by atoms with E-state index in [-0.39, 0.29) is 6.54 Å². The molecule has 0 aromatic rings. The Morgan fingerprint density at radius 2 is 2.36 bits per heavy atom. The van der Waals surface area contributed by atoms with E-state index in [0.717, 1.165) is 0 Å². The van der Waals surface area contributed by atoms with Gasteiger partial charge >= 0.3 is 0 Å². The summed E-state index contributed by atoms with van der Waals surface area (Å²) in [6, 6.07) is 0. The van der Waals surface area contributed by atoms with Gasteiger partial charge in [-0.3, -0.25) is 5.01 Å². The van der Waals surface area contributed by atoms with Crippen molar-refractivity contribution in [2.75, 3.05) is 13.1 Å². The molecule has 0 aromatic heterocycles. The maximum absolute atomic E-state index is 12.3. The van der Waals surface area contributed by atoms with Gasteiger partial charge in [0.25, 0.3) is 6.43 Å². The van der Waals surface area contributed by atoms with Crippen LogP contribution in [0, 0.1) is 5.41 Å². The summed E-state index contributed by atoms with van der Waals surface area (Å²) in [5.41, 5.74) is -1.16. The van der Waals surface area contributed by atoms with Crippen LogP contribution in [0.5, 0.6) is 0 Å². The monoisotopic (exact) mass is 161 g/mol. The lowest BCUT2D eigenvalue weighted by Gasteiger charge is -2.20. The standard InChI is InChI=1S/C7H11F2N2/c1-3-11-5-7(2,4-10-11)6(8)9/h6H,3,5H2,1-2H3. The molecule has 11 heavy (non-hydrogen) atoms. The summed E-state index contributed by atoms with van der Waals surface area (Å²) in [5.74, 6) is 0.